The van der Waals surface area contributed by atoms with Gasteiger partial charge in [-0.25, -0.2) is 0 Å². The van der Waals surface area contributed by atoms with Crippen LogP contribution in [0.25, 0.3) is 11.3 Å². The van der Waals surface area contributed by atoms with Gasteiger partial charge in [0, 0.05) is 10.5 Å². The molecule has 94 valence electrons. The van der Waals surface area contributed by atoms with E-state index in [2.05, 4.69) is 20.9 Å². The van der Waals surface area contributed by atoms with Crippen LogP contribution in [0.4, 0.5) is 0 Å². The molecule has 1 heterocycles. The molecule has 0 N–H and O–H groups in total. The molecule has 0 radical (unpaired) electrons. The zero-order valence-electron chi connectivity index (χ0n) is 9.92. The lowest BCUT2D eigenvalue weighted by molar-refractivity contribution is 0.466. The standard InChI is InChI=1S/C15H10BrNOS/c16-14-13(11-7-3-1-4-8-11)18-15(17-14)19-12-9-5-2-6-10-12/h1-10H. The van der Waals surface area contributed by atoms with Gasteiger partial charge in [0.1, 0.15) is 0 Å². The number of nitrogens with zero attached hydrogens (tertiary/aromatic N) is 1. The topological polar surface area (TPSA) is 26.0 Å². The molecular formula is C15H10BrNOS. The molecule has 0 amide bonds. The van der Waals surface area contributed by atoms with E-state index in [0.29, 0.717) is 5.22 Å². The van der Waals surface area contributed by atoms with Gasteiger partial charge in [-0.3, -0.25) is 0 Å². The van der Waals surface area contributed by atoms with Crippen molar-refractivity contribution in [2.45, 2.75) is 10.1 Å². The summed E-state index contributed by atoms with van der Waals surface area (Å²) in [5, 5.41) is 0.636. The molecule has 0 atom stereocenters. The molecule has 0 spiro atoms. The Morgan fingerprint density at radius 3 is 2.21 bits per heavy atom. The van der Waals surface area contributed by atoms with E-state index in [4.69, 9.17) is 4.42 Å². The van der Waals surface area contributed by atoms with Crippen molar-refractivity contribution in [3.05, 3.63) is 65.3 Å². The van der Waals surface area contributed by atoms with Gasteiger partial charge < -0.3 is 4.42 Å². The Kier molecular flexibility index (Phi) is 3.71. The highest BCUT2D eigenvalue weighted by Gasteiger charge is 2.13. The molecule has 0 saturated heterocycles. The molecule has 19 heavy (non-hydrogen) atoms. The lowest BCUT2D eigenvalue weighted by atomic mass is 10.2. The van der Waals surface area contributed by atoms with Crippen LogP contribution >= 0.6 is 27.7 Å². The van der Waals surface area contributed by atoms with E-state index in [0.717, 1.165) is 20.8 Å². The van der Waals surface area contributed by atoms with E-state index in [1.165, 1.54) is 11.8 Å². The molecule has 0 aliphatic heterocycles. The van der Waals surface area contributed by atoms with Crippen molar-refractivity contribution in [3.63, 3.8) is 0 Å². The van der Waals surface area contributed by atoms with Gasteiger partial charge in [-0.15, -0.1) is 0 Å². The largest absolute Gasteiger partial charge is 0.430 e. The summed E-state index contributed by atoms with van der Waals surface area (Å²) in [5.74, 6) is 0.763. The fraction of sp³-hybridized carbons (Fsp3) is 0. The van der Waals surface area contributed by atoms with Crippen molar-refractivity contribution in [2.75, 3.05) is 0 Å². The number of rotatable bonds is 3. The normalized spacial score (nSPS) is 10.6. The first-order valence-electron chi connectivity index (χ1n) is 5.77. The van der Waals surface area contributed by atoms with Crippen LogP contribution in [0.2, 0.25) is 0 Å². The summed E-state index contributed by atoms with van der Waals surface area (Å²) < 4.78 is 6.54. The molecular weight excluding hydrogens is 322 g/mol. The smallest absolute Gasteiger partial charge is 0.262 e. The maximum absolute atomic E-state index is 5.81. The Balaban J connectivity index is 1.90. The molecule has 3 aromatic rings. The van der Waals surface area contributed by atoms with Gasteiger partial charge in [0.15, 0.2) is 10.4 Å². The second-order valence-electron chi connectivity index (χ2n) is 3.88. The Morgan fingerprint density at radius 1 is 0.895 bits per heavy atom. The Hall–Kier alpha value is -1.52. The molecule has 2 aromatic carbocycles. The minimum Gasteiger partial charge on any atom is -0.430 e. The van der Waals surface area contributed by atoms with Crippen LogP contribution in [0.5, 0.6) is 0 Å². The molecule has 0 fully saturated rings. The van der Waals surface area contributed by atoms with Gasteiger partial charge in [-0.1, -0.05) is 48.5 Å². The summed E-state index contributed by atoms with van der Waals surface area (Å²) in [6.07, 6.45) is 0. The molecule has 0 bridgehead atoms. The molecule has 0 aliphatic carbocycles. The first-order valence-corrected chi connectivity index (χ1v) is 7.38. The van der Waals surface area contributed by atoms with Crippen molar-refractivity contribution in [1.29, 1.82) is 0 Å². The van der Waals surface area contributed by atoms with Crippen LogP contribution in [0.3, 0.4) is 0 Å². The average Bonchev–Trinajstić information content (AvgIpc) is 2.82. The number of aromatic nitrogens is 1. The number of benzene rings is 2. The van der Waals surface area contributed by atoms with E-state index in [9.17, 15) is 0 Å². The van der Waals surface area contributed by atoms with E-state index in [1.54, 1.807) is 0 Å². The molecule has 2 nitrogen and oxygen atoms in total. The lowest BCUT2D eigenvalue weighted by Gasteiger charge is -1.96. The number of hydrogen-bond donors (Lipinski definition) is 0. The van der Waals surface area contributed by atoms with Crippen LogP contribution in [-0.2, 0) is 0 Å². The van der Waals surface area contributed by atoms with Crippen molar-refractivity contribution in [1.82, 2.24) is 4.98 Å². The summed E-state index contributed by atoms with van der Waals surface area (Å²) in [5.41, 5.74) is 1.02. The zero-order valence-corrected chi connectivity index (χ0v) is 12.3. The average molecular weight is 332 g/mol. The van der Waals surface area contributed by atoms with Gasteiger partial charge in [-0.05, 0) is 39.8 Å². The van der Waals surface area contributed by atoms with Crippen LogP contribution < -0.4 is 0 Å². The van der Waals surface area contributed by atoms with Crippen LogP contribution in [0.1, 0.15) is 0 Å². The fourth-order valence-electron chi connectivity index (χ4n) is 1.68. The van der Waals surface area contributed by atoms with Crippen LogP contribution in [-0.4, -0.2) is 4.98 Å². The molecule has 1 aromatic heterocycles. The maximum Gasteiger partial charge on any atom is 0.262 e. The minimum absolute atomic E-state index is 0.636. The predicted molar refractivity (Wildman–Crippen MR) is 80.2 cm³/mol. The SMILES string of the molecule is Brc1nc(Sc2ccccc2)oc1-c1ccccc1. The number of hydrogen-bond acceptors (Lipinski definition) is 3. The van der Waals surface area contributed by atoms with E-state index >= 15 is 0 Å². The predicted octanol–water partition coefficient (Wildman–Crippen LogP) is 5.26. The van der Waals surface area contributed by atoms with Gasteiger partial charge in [0.25, 0.3) is 5.22 Å². The number of halogens is 1. The van der Waals surface area contributed by atoms with Gasteiger partial charge in [0.2, 0.25) is 0 Å². The maximum atomic E-state index is 5.81. The Bertz CT molecular complexity index is 667. The summed E-state index contributed by atoms with van der Waals surface area (Å²) in [4.78, 5) is 5.50. The van der Waals surface area contributed by atoms with Gasteiger partial charge >= 0.3 is 0 Å². The number of oxazole rings is 1. The Labute approximate surface area is 124 Å². The second kappa shape index (κ2) is 5.63. The van der Waals surface area contributed by atoms with E-state index < -0.39 is 0 Å². The van der Waals surface area contributed by atoms with Crippen molar-refractivity contribution in [3.8, 4) is 11.3 Å². The van der Waals surface area contributed by atoms with Gasteiger partial charge in [0.05, 0.1) is 0 Å². The third-order valence-electron chi connectivity index (χ3n) is 2.55. The van der Waals surface area contributed by atoms with Crippen LogP contribution in [0, 0.1) is 0 Å². The fourth-order valence-corrected chi connectivity index (χ4v) is 3.03. The highest BCUT2D eigenvalue weighted by molar-refractivity contribution is 9.10. The second-order valence-corrected chi connectivity index (χ2v) is 5.66. The minimum atomic E-state index is 0.636. The summed E-state index contributed by atoms with van der Waals surface area (Å²) >= 11 is 4.96. The third kappa shape index (κ3) is 2.91. The summed E-state index contributed by atoms with van der Waals surface area (Å²) in [6.45, 7) is 0. The Morgan fingerprint density at radius 2 is 1.53 bits per heavy atom. The molecule has 3 rings (SSSR count). The van der Waals surface area contributed by atoms with Crippen molar-refractivity contribution in [2.24, 2.45) is 0 Å². The summed E-state index contributed by atoms with van der Waals surface area (Å²) in [7, 11) is 0. The summed E-state index contributed by atoms with van der Waals surface area (Å²) in [6, 6.07) is 20.0. The molecule has 0 saturated carbocycles. The first kappa shape index (κ1) is 12.5. The highest BCUT2D eigenvalue weighted by atomic mass is 79.9. The van der Waals surface area contributed by atoms with Crippen LogP contribution in [0.15, 0.2) is 79.8 Å². The molecule has 0 aliphatic rings. The monoisotopic (exact) mass is 331 g/mol. The van der Waals surface area contributed by atoms with E-state index in [1.807, 2.05) is 60.7 Å². The first-order chi connectivity index (χ1) is 9.33. The third-order valence-corrected chi connectivity index (χ3v) is 3.95. The van der Waals surface area contributed by atoms with Crippen molar-refractivity contribution >= 4 is 27.7 Å². The highest BCUT2D eigenvalue weighted by Crippen LogP contribution is 2.35. The lowest BCUT2D eigenvalue weighted by Crippen LogP contribution is -1.73. The quantitative estimate of drug-likeness (QED) is 0.655. The van der Waals surface area contributed by atoms with E-state index in [-0.39, 0.29) is 0 Å². The molecule has 4 heteroatoms. The zero-order chi connectivity index (χ0) is 13.1. The van der Waals surface area contributed by atoms with Crippen molar-refractivity contribution < 1.29 is 4.42 Å². The molecule has 0 unspecified atom stereocenters. The van der Waals surface area contributed by atoms with Gasteiger partial charge in [-0.2, -0.15) is 4.98 Å².